The van der Waals surface area contributed by atoms with E-state index in [1.54, 1.807) is 0 Å². The van der Waals surface area contributed by atoms with Crippen molar-refractivity contribution in [2.75, 3.05) is 0 Å². The zero-order valence-corrected chi connectivity index (χ0v) is 13.3. The van der Waals surface area contributed by atoms with Crippen molar-refractivity contribution in [2.24, 2.45) is 17.6 Å². The largest absolute Gasteiger partial charge is 0.489 e. The lowest BCUT2D eigenvalue weighted by molar-refractivity contribution is 0.0867. The smallest absolute Gasteiger partial charge is 0.120 e. The molecule has 0 amide bonds. The van der Waals surface area contributed by atoms with Gasteiger partial charge in [0.15, 0.2) is 0 Å². The third kappa shape index (κ3) is 3.76. The standard InChI is InChI=1S/C18H29NO/c1-12(2)14-6-5-7-16(10-14)20-18-11-15(13(3)4)8-9-17(18)19/h5-7,10,12-13,15,17-18H,8-9,11,19H2,1-4H3. The lowest BCUT2D eigenvalue weighted by atomic mass is 9.78. The summed E-state index contributed by atoms with van der Waals surface area (Å²) >= 11 is 0. The summed E-state index contributed by atoms with van der Waals surface area (Å²) < 4.78 is 6.21. The van der Waals surface area contributed by atoms with E-state index in [0.717, 1.165) is 30.4 Å². The van der Waals surface area contributed by atoms with Crippen molar-refractivity contribution >= 4 is 0 Å². The summed E-state index contributed by atoms with van der Waals surface area (Å²) in [6.07, 6.45) is 3.57. The van der Waals surface area contributed by atoms with E-state index in [4.69, 9.17) is 10.5 Å². The molecule has 1 aromatic rings. The van der Waals surface area contributed by atoms with Crippen molar-refractivity contribution in [3.05, 3.63) is 29.8 Å². The van der Waals surface area contributed by atoms with Crippen LogP contribution >= 0.6 is 0 Å². The van der Waals surface area contributed by atoms with E-state index >= 15 is 0 Å². The minimum Gasteiger partial charge on any atom is -0.489 e. The molecule has 1 saturated carbocycles. The van der Waals surface area contributed by atoms with Gasteiger partial charge in [0.05, 0.1) is 0 Å². The Kier molecular flexibility index (Phi) is 5.09. The molecule has 112 valence electrons. The molecule has 1 fully saturated rings. The van der Waals surface area contributed by atoms with E-state index in [-0.39, 0.29) is 12.1 Å². The minimum atomic E-state index is 0.165. The van der Waals surface area contributed by atoms with E-state index in [1.165, 1.54) is 12.0 Å². The molecule has 0 bridgehead atoms. The third-order valence-corrected chi connectivity index (χ3v) is 4.64. The van der Waals surface area contributed by atoms with E-state index in [2.05, 4.69) is 52.0 Å². The zero-order chi connectivity index (χ0) is 14.7. The van der Waals surface area contributed by atoms with Crippen LogP contribution in [-0.2, 0) is 0 Å². The molecule has 2 rings (SSSR count). The molecule has 2 N–H and O–H groups in total. The van der Waals surface area contributed by atoms with Gasteiger partial charge in [0.25, 0.3) is 0 Å². The van der Waals surface area contributed by atoms with Gasteiger partial charge in [0, 0.05) is 6.04 Å². The maximum atomic E-state index is 6.26. The van der Waals surface area contributed by atoms with Gasteiger partial charge in [-0.05, 0) is 54.7 Å². The van der Waals surface area contributed by atoms with Crippen molar-refractivity contribution in [1.29, 1.82) is 0 Å². The maximum absolute atomic E-state index is 6.26. The molecule has 0 aliphatic heterocycles. The van der Waals surface area contributed by atoms with Crippen LogP contribution in [0.25, 0.3) is 0 Å². The van der Waals surface area contributed by atoms with Crippen molar-refractivity contribution in [2.45, 2.75) is 65.0 Å². The second kappa shape index (κ2) is 6.62. The normalized spacial score (nSPS) is 27.1. The number of ether oxygens (including phenoxy) is 1. The molecule has 2 heteroatoms. The summed E-state index contributed by atoms with van der Waals surface area (Å²) in [6.45, 7) is 9.02. The summed E-state index contributed by atoms with van der Waals surface area (Å²) in [5.74, 6) is 2.96. The highest BCUT2D eigenvalue weighted by molar-refractivity contribution is 5.30. The zero-order valence-electron chi connectivity index (χ0n) is 13.3. The van der Waals surface area contributed by atoms with Crippen LogP contribution in [0.15, 0.2) is 24.3 Å². The Balaban J connectivity index is 2.05. The van der Waals surface area contributed by atoms with Crippen LogP contribution in [0.2, 0.25) is 0 Å². The van der Waals surface area contributed by atoms with Gasteiger partial charge in [0.1, 0.15) is 11.9 Å². The first-order valence-electron chi connectivity index (χ1n) is 7.99. The summed E-state index contributed by atoms with van der Waals surface area (Å²) in [5, 5.41) is 0. The molecule has 0 aromatic heterocycles. The molecular weight excluding hydrogens is 246 g/mol. The van der Waals surface area contributed by atoms with Crippen molar-refractivity contribution in [3.63, 3.8) is 0 Å². The van der Waals surface area contributed by atoms with Crippen LogP contribution < -0.4 is 10.5 Å². The highest BCUT2D eigenvalue weighted by atomic mass is 16.5. The van der Waals surface area contributed by atoms with Crippen molar-refractivity contribution in [1.82, 2.24) is 0 Å². The van der Waals surface area contributed by atoms with Crippen LogP contribution in [0.3, 0.4) is 0 Å². The molecule has 0 heterocycles. The van der Waals surface area contributed by atoms with Crippen molar-refractivity contribution in [3.8, 4) is 5.75 Å². The number of hydrogen-bond acceptors (Lipinski definition) is 2. The SMILES string of the molecule is CC(C)c1cccc(OC2CC(C(C)C)CCC2N)c1. The second-order valence-electron chi connectivity index (χ2n) is 6.86. The molecule has 0 saturated heterocycles. The number of hydrogen-bond donors (Lipinski definition) is 1. The fourth-order valence-electron chi connectivity index (χ4n) is 3.05. The van der Waals surface area contributed by atoms with Gasteiger partial charge in [-0.3, -0.25) is 0 Å². The van der Waals surface area contributed by atoms with Gasteiger partial charge < -0.3 is 10.5 Å². The lowest BCUT2D eigenvalue weighted by Gasteiger charge is -2.36. The van der Waals surface area contributed by atoms with Gasteiger partial charge in [-0.25, -0.2) is 0 Å². The Hall–Kier alpha value is -1.02. The van der Waals surface area contributed by atoms with Gasteiger partial charge in [-0.15, -0.1) is 0 Å². The molecule has 0 spiro atoms. The Morgan fingerprint density at radius 3 is 2.55 bits per heavy atom. The van der Waals surface area contributed by atoms with Crippen LogP contribution in [0.4, 0.5) is 0 Å². The summed E-state index contributed by atoms with van der Waals surface area (Å²) in [6, 6.07) is 8.63. The van der Waals surface area contributed by atoms with Gasteiger partial charge in [-0.1, -0.05) is 39.8 Å². The molecule has 2 nitrogen and oxygen atoms in total. The van der Waals surface area contributed by atoms with Gasteiger partial charge in [0.2, 0.25) is 0 Å². The Morgan fingerprint density at radius 2 is 1.90 bits per heavy atom. The molecule has 20 heavy (non-hydrogen) atoms. The number of benzene rings is 1. The van der Waals surface area contributed by atoms with Crippen LogP contribution in [0, 0.1) is 11.8 Å². The van der Waals surface area contributed by atoms with E-state index in [0.29, 0.717) is 5.92 Å². The Labute approximate surface area is 123 Å². The predicted molar refractivity (Wildman–Crippen MR) is 85.1 cm³/mol. The fourth-order valence-corrected chi connectivity index (χ4v) is 3.05. The molecule has 1 aliphatic rings. The molecule has 3 atom stereocenters. The third-order valence-electron chi connectivity index (χ3n) is 4.64. The first-order valence-corrected chi connectivity index (χ1v) is 7.99. The van der Waals surface area contributed by atoms with E-state index < -0.39 is 0 Å². The second-order valence-corrected chi connectivity index (χ2v) is 6.86. The summed E-state index contributed by atoms with van der Waals surface area (Å²) in [7, 11) is 0. The Morgan fingerprint density at radius 1 is 1.15 bits per heavy atom. The topological polar surface area (TPSA) is 35.2 Å². The molecule has 3 unspecified atom stereocenters. The van der Waals surface area contributed by atoms with Crippen LogP contribution in [0.1, 0.15) is 58.4 Å². The highest BCUT2D eigenvalue weighted by Crippen LogP contribution is 2.32. The average molecular weight is 275 g/mol. The predicted octanol–water partition coefficient (Wildman–Crippen LogP) is 4.34. The van der Waals surface area contributed by atoms with Gasteiger partial charge >= 0.3 is 0 Å². The lowest BCUT2D eigenvalue weighted by Crippen LogP contribution is -2.44. The summed E-state index contributed by atoms with van der Waals surface area (Å²) in [5.41, 5.74) is 7.59. The summed E-state index contributed by atoms with van der Waals surface area (Å²) in [4.78, 5) is 0. The van der Waals surface area contributed by atoms with Crippen LogP contribution in [-0.4, -0.2) is 12.1 Å². The van der Waals surface area contributed by atoms with E-state index in [9.17, 15) is 0 Å². The number of rotatable bonds is 4. The quantitative estimate of drug-likeness (QED) is 0.887. The maximum Gasteiger partial charge on any atom is 0.120 e. The molecule has 0 radical (unpaired) electrons. The van der Waals surface area contributed by atoms with Gasteiger partial charge in [-0.2, -0.15) is 0 Å². The molecule has 1 aromatic carbocycles. The first-order chi connectivity index (χ1) is 9.47. The minimum absolute atomic E-state index is 0.165. The monoisotopic (exact) mass is 275 g/mol. The van der Waals surface area contributed by atoms with Crippen LogP contribution in [0.5, 0.6) is 5.75 Å². The van der Waals surface area contributed by atoms with E-state index in [1.807, 2.05) is 0 Å². The molecule has 1 aliphatic carbocycles. The first kappa shape index (κ1) is 15.4. The highest BCUT2D eigenvalue weighted by Gasteiger charge is 2.31. The number of nitrogens with two attached hydrogens (primary N) is 1. The Bertz CT molecular complexity index is 427. The molecular formula is C18H29NO. The average Bonchev–Trinajstić information content (AvgIpc) is 2.41. The fraction of sp³-hybridized carbons (Fsp3) is 0.667. The van der Waals surface area contributed by atoms with Crippen molar-refractivity contribution < 1.29 is 4.74 Å².